The summed E-state index contributed by atoms with van der Waals surface area (Å²) in [6.07, 6.45) is 5.13. The van der Waals surface area contributed by atoms with Crippen LogP contribution in [0.2, 0.25) is 5.02 Å². The van der Waals surface area contributed by atoms with Gasteiger partial charge in [0.15, 0.2) is 5.96 Å². The summed E-state index contributed by atoms with van der Waals surface area (Å²) in [7, 11) is 1.71. The van der Waals surface area contributed by atoms with E-state index in [-0.39, 0.29) is 29.9 Å². The predicted molar refractivity (Wildman–Crippen MR) is 110 cm³/mol. The molecule has 1 aromatic carbocycles. The third-order valence-corrected chi connectivity index (χ3v) is 4.17. The maximum atomic E-state index is 11.9. The number of rotatable bonds is 6. The Kier molecular flexibility index (Phi) is 10.1. The maximum Gasteiger partial charge on any atom is 0.221 e. The smallest absolute Gasteiger partial charge is 0.221 e. The number of hydrogen-bond acceptors (Lipinski definition) is 2. The molecule has 7 heteroatoms. The van der Waals surface area contributed by atoms with Crippen LogP contribution in [0.3, 0.4) is 0 Å². The first-order valence-corrected chi connectivity index (χ1v) is 8.53. The number of benzene rings is 1. The van der Waals surface area contributed by atoms with Crippen molar-refractivity contribution in [1.29, 1.82) is 0 Å². The van der Waals surface area contributed by atoms with Crippen LogP contribution in [0.5, 0.6) is 0 Å². The molecule has 1 amide bonds. The van der Waals surface area contributed by atoms with Crippen molar-refractivity contribution in [1.82, 2.24) is 16.0 Å². The highest BCUT2D eigenvalue weighted by atomic mass is 127. The lowest BCUT2D eigenvalue weighted by atomic mass is 10.2. The van der Waals surface area contributed by atoms with Gasteiger partial charge in [-0.2, -0.15) is 0 Å². The molecule has 1 aliphatic rings. The van der Waals surface area contributed by atoms with E-state index in [4.69, 9.17) is 11.6 Å². The second-order valence-corrected chi connectivity index (χ2v) is 6.22. The Morgan fingerprint density at radius 2 is 2.04 bits per heavy atom. The van der Waals surface area contributed by atoms with Crippen molar-refractivity contribution >= 4 is 47.4 Å². The number of hydrogen-bond donors (Lipinski definition) is 3. The van der Waals surface area contributed by atoms with Crippen molar-refractivity contribution in [3.05, 3.63) is 34.9 Å². The number of nitrogens with one attached hydrogen (secondary N) is 3. The van der Waals surface area contributed by atoms with Gasteiger partial charge in [0.2, 0.25) is 5.91 Å². The SMILES string of the molecule is CN=C(NCCC(=O)NC1CCCC1)NCc1cccc(Cl)c1.I. The van der Waals surface area contributed by atoms with E-state index >= 15 is 0 Å². The number of amides is 1. The lowest BCUT2D eigenvalue weighted by Crippen LogP contribution is -2.40. The van der Waals surface area contributed by atoms with Crippen LogP contribution in [-0.2, 0) is 11.3 Å². The average molecular weight is 465 g/mol. The molecule has 0 saturated heterocycles. The Morgan fingerprint density at radius 1 is 1.29 bits per heavy atom. The highest BCUT2D eigenvalue weighted by Crippen LogP contribution is 2.17. The van der Waals surface area contributed by atoms with E-state index in [1.54, 1.807) is 7.05 Å². The van der Waals surface area contributed by atoms with Gasteiger partial charge < -0.3 is 16.0 Å². The monoisotopic (exact) mass is 464 g/mol. The third kappa shape index (κ3) is 7.70. The number of nitrogens with zero attached hydrogens (tertiary/aromatic N) is 1. The summed E-state index contributed by atoms with van der Waals surface area (Å²) in [5.41, 5.74) is 1.08. The van der Waals surface area contributed by atoms with Gasteiger partial charge >= 0.3 is 0 Å². The van der Waals surface area contributed by atoms with Crippen LogP contribution >= 0.6 is 35.6 Å². The first kappa shape index (κ1) is 21.0. The van der Waals surface area contributed by atoms with E-state index in [1.807, 2.05) is 24.3 Å². The van der Waals surface area contributed by atoms with Crippen molar-refractivity contribution in [2.75, 3.05) is 13.6 Å². The molecule has 24 heavy (non-hydrogen) atoms. The zero-order chi connectivity index (χ0) is 16.5. The molecular formula is C17H26ClIN4O. The largest absolute Gasteiger partial charge is 0.356 e. The number of halogens is 2. The van der Waals surface area contributed by atoms with Gasteiger partial charge in [-0.15, -0.1) is 24.0 Å². The minimum absolute atomic E-state index is 0. The van der Waals surface area contributed by atoms with Gasteiger partial charge in [0.1, 0.15) is 0 Å². The van der Waals surface area contributed by atoms with Crippen molar-refractivity contribution in [3.63, 3.8) is 0 Å². The molecule has 1 aromatic rings. The molecule has 0 aromatic heterocycles. The molecule has 3 N–H and O–H groups in total. The molecule has 0 heterocycles. The van der Waals surface area contributed by atoms with Crippen LogP contribution in [0.1, 0.15) is 37.7 Å². The van der Waals surface area contributed by atoms with Crippen LogP contribution in [0.4, 0.5) is 0 Å². The van der Waals surface area contributed by atoms with Gasteiger partial charge in [0, 0.05) is 37.6 Å². The summed E-state index contributed by atoms with van der Waals surface area (Å²) in [6.45, 7) is 1.20. The molecule has 1 fully saturated rings. The van der Waals surface area contributed by atoms with E-state index in [0.717, 1.165) is 23.4 Å². The molecule has 5 nitrogen and oxygen atoms in total. The van der Waals surface area contributed by atoms with Crippen LogP contribution < -0.4 is 16.0 Å². The van der Waals surface area contributed by atoms with E-state index in [2.05, 4.69) is 20.9 Å². The highest BCUT2D eigenvalue weighted by Gasteiger charge is 2.16. The molecule has 0 aliphatic heterocycles. The Morgan fingerprint density at radius 3 is 2.71 bits per heavy atom. The third-order valence-electron chi connectivity index (χ3n) is 3.94. The zero-order valence-electron chi connectivity index (χ0n) is 14.0. The zero-order valence-corrected chi connectivity index (χ0v) is 17.1. The fourth-order valence-electron chi connectivity index (χ4n) is 2.72. The van der Waals surface area contributed by atoms with E-state index < -0.39 is 0 Å². The van der Waals surface area contributed by atoms with Crippen LogP contribution in [-0.4, -0.2) is 31.5 Å². The van der Waals surface area contributed by atoms with E-state index in [0.29, 0.717) is 31.5 Å². The van der Waals surface area contributed by atoms with Crippen LogP contribution in [0.25, 0.3) is 0 Å². The van der Waals surface area contributed by atoms with E-state index in [9.17, 15) is 4.79 Å². The second kappa shape index (κ2) is 11.5. The fraction of sp³-hybridized carbons (Fsp3) is 0.529. The second-order valence-electron chi connectivity index (χ2n) is 5.78. The van der Waals surface area contributed by atoms with Crippen molar-refractivity contribution in [2.24, 2.45) is 4.99 Å². The highest BCUT2D eigenvalue weighted by molar-refractivity contribution is 14.0. The van der Waals surface area contributed by atoms with E-state index in [1.165, 1.54) is 12.8 Å². The average Bonchev–Trinajstić information content (AvgIpc) is 3.03. The molecule has 0 unspecified atom stereocenters. The number of carbonyl (C=O) groups is 1. The lowest BCUT2D eigenvalue weighted by Gasteiger charge is -2.14. The summed E-state index contributed by atoms with van der Waals surface area (Å²) < 4.78 is 0. The molecule has 0 radical (unpaired) electrons. The summed E-state index contributed by atoms with van der Waals surface area (Å²) in [5.74, 6) is 0.785. The lowest BCUT2D eigenvalue weighted by molar-refractivity contribution is -0.121. The normalized spacial score (nSPS) is 14.8. The molecular weight excluding hydrogens is 439 g/mol. The fourth-order valence-corrected chi connectivity index (χ4v) is 2.93. The maximum absolute atomic E-state index is 11.9. The summed E-state index contributed by atoms with van der Waals surface area (Å²) in [4.78, 5) is 16.0. The van der Waals surface area contributed by atoms with Crippen molar-refractivity contribution in [2.45, 2.75) is 44.7 Å². The quantitative estimate of drug-likeness (QED) is 0.344. The summed E-state index contributed by atoms with van der Waals surface area (Å²) in [5, 5.41) is 10.2. The first-order chi connectivity index (χ1) is 11.2. The summed E-state index contributed by atoms with van der Waals surface area (Å²) in [6, 6.07) is 8.06. The van der Waals surface area contributed by atoms with Gasteiger partial charge in [-0.3, -0.25) is 9.79 Å². The molecule has 1 aliphatic carbocycles. The minimum Gasteiger partial charge on any atom is -0.356 e. The molecule has 2 rings (SSSR count). The molecule has 134 valence electrons. The van der Waals surface area contributed by atoms with Gasteiger partial charge in [0.25, 0.3) is 0 Å². The van der Waals surface area contributed by atoms with Crippen LogP contribution in [0, 0.1) is 0 Å². The molecule has 0 spiro atoms. The Balaban J connectivity index is 0.00000288. The standard InChI is InChI=1S/C17H25ClN4O.HI/c1-19-17(21-12-13-5-4-6-14(18)11-13)20-10-9-16(23)22-15-7-2-3-8-15;/h4-6,11,15H,2-3,7-10,12H2,1H3,(H,22,23)(H2,19,20,21);1H. The topological polar surface area (TPSA) is 65.5 Å². The number of guanidine groups is 1. The first-order valence-electron chi connectivity index (χ1n) is 8.15. The Labute approximate surface area is 166 Å². The van der Waals surface area contributed by atoms with Gasteiger partial charge in [-0.1, -0.05) is 36.6 Å². The van der Waals surface area contributed by atoms with Crippen molar-refractivity contribution < 1.29 is 4.79 Å². The number of carbonyl (C=O) groups excluding carboxylic acids is 1. The van der Waals surface area contributed by atoms with Crippen molar-refractivity contribution in [3.8, 4) is 0 Å². The van der Waals surface area contributed by atoms with Gasteiger partial charge in [0.05, 0.1) is 0 Å². The minimum atomic E-state index is 0. The molecule has 1 saturated carbocycles. The predicted octanol–water partition coefficient (Wildman–Crippen LogP) is 3.07. The Hall–Kier alpha value is -1.02. The number of aliphatic imine (C=N–C) groups is 1. The van der Waals surface area contributed by atoms with Crippen LogP contribution in [0.15, 0.2) is 29.3 Å². The Bertz CT molecular complexity index is 547. The molecule has 0 atom stereocenters. The molecule has 0 bridgehead atoms. The summed E-state index contributed by atoms with van der Waals surface area (Å²) >= 11 is 5.96. The van der Waals surface area contributed by atoms with Gasteiger partial charge in [-0.05, 0) is 30.5 Å². The van der Waals surface area contributed by atoms with Gasteiger partial charge in [-0.25, -0.2) is 0 Å².